The van der Waals surface area contributed by atoms with Crippen LogP contribution in [0.1, 0.15) is 32.6 Å². The van der Waals surface area contributed by atoms with E-state index in [1.807, 2.05) is 51.1 Å². The summed E-state index contributed by atoms with van der Waals surface area (Å²) in [5, 5.41) is 6.84. The van der Waals surface area contributed by atoms with Crippen molar-refractivity contribution in [2.75, 3.05) is 11.9 Å². The third-order valence-electron chi connectivity index (χ3n) is 4.61. The van der Waals surface area contributed by atoms with E-state index in [-0.39, 0.29) is 18.4 Å². The molecule has 0 aliphatic carbocycles. The molecule has 6 heteroatoms. The predicted molar refractivity (Wildman–Crippen MR) is 123 cm³/mol. The summed E-state index contributed by atoms with van der Waals surface area (Å²) in [6.45, 7) is 5.79. The molecule has 0 unspecified atom stereocenters. The summed E-state index contributed by atoms with van der Waals surface area (Å²) in [6.07, 6.45) is 1.54. The molecule has 0 spiro atoms. The lowest BCUT2D eigenvalue weighted by molar-refractivity contribution is -0.118. The fraction of sp³-hybridized carbons (Fsp3) is 0.160. The van der Waals surface area contributed by atoms with Crippen molar-refractivity contribution in [1.29, 1.82) is 0 Å². The number of hydrazone groups is 1. The molecule has 158 valence electrons. The zero-order chi connectivity index (χ0) is 22.2. The molecule has 0 bridgehead atoms. The summed E-state index contributed by atoms with van der Waals surface area (Å²) in [4.78, 5) is 24.2. The second-order valence-corrected chi connectivity index (χ2v) is 7.29. The Morgan fingerprint density at radius 2 is 1.58 bits per heavy atom. The van der Waals surface area contributed by atoms with Gasteiger partial charge in [0.15, 0.2) is 6.61 Å². The Bertz CT molecular complexity index is 1090. The van der Waals surface area contributed by atoms with Crippen molar-refractivity contribution >= 4 is 23.7 Å². The van der Waals surface area contributed by atoms with Crippen LogP contribution in [0.25, 0.3) is 0 Å². The van der Waals surface area contributed by atoms with Gasteiger partial charge in [-0.25, -0.2) is 5.43 Å². The molecule has 31 heavy (non-hydrogen) atoms. The van der Waals surface area contributed by atoms with Crippen LogP contribution in [0.3, 0.4) is 0 Å². The second-order valence-electron chi connectivity index (χ2n) is 7.29. The summed E-state index contributed by atoms with van der Waals surface area (Å²) in [7, 11) is 0. The molecule has 0 saturated carbocycles. The summed E-state index contributed by atoms with van der Waals surface area (Å²) < 4.78 is 5.55. The standard InChI is InChI=1S/C25H25N3O3/c1-17-5-10-21(11-6-17)25(30)28-26-15-20-8-12-22(13-9-20)31-16-24(29)27-23-14-18(2)4-7-19(23)3/h4-15H,16H2,1-3H3,(H,27,29)(H,28,30)/b26-15+. The number of aryl methyl sites for hydroxylation is 3. The number of benzene rings is 3. The highest BCUT2D eigenvalue weighted by atomic mass is 16.5. The van der Waals surface area contributed by atoms with Crippen LogP contribution < -0.4 is 15.5 Å². The first-order valence-corrected chi connectivity index (χ1v) is 9.91. The number of carbonyl (C=O) groups excluding carboxylic acids is 2. The molecule has 0 radical (unpaired) electrons. The van der Waals surface area contributed by atoms with Crippen LogP contribution in [-0.2, 0) is 4.79 Å². The fourth-order valence-corrected chi connectivity index (χ4v) is 2.79. The van der Waals surface area contributed by atoms with Gasteiger partial charge in [0.1, 0.15) is 5.75 Å². The van der Waals surface area contributed by atoms with E-state index in [0.717, 1.165) is 27.9 Å². The molecule has 3 rings (SSSR count). The average Bonchev–Trinajstić information content (AvgIpc) is 2.76. The van der Waals surface area contributed by atoms with Crippen LogP contribution in [0.4, 0.5) is 5.69 Å². The molecule has 0 saturated heterocycles. The molecule has 3 aromatic rings. The lowest BCUT2D eigenvalue weighted by Gasteiger charge is -2.10. The maximum atomic E-state index is 12.2. The molecule has 0 aromatic heterocycles. The Kier molecular flexibility index (Phi) is 7.17. The minimum absolute atomic E-state index is 0.0899. The molecule has 0 aliphatic heterocycles. The maximum Gasteiger partial charge on any atom is 0.271 e. The third-order valence-corrected chi connectivity index (χ3v) is 4.61. The highest BCUT2D eigenvalue weighted by molar-refractivity contribution is 5.95. The number of rotatable bonds is 7. The van der Waals surface area contributed by atoms with E-state index in [4.69, 9.17) is 4.74 Å². The van der Waals surface area contributed by atoms with Crippen LogP contribution in [-0.4, -0.2) is 24.6 Å². The molecule has 0 aliphatic rings. The number of amides is 2. The SMILES string of the molecule is Cc1ccc(C(=O)N/N=C/c2ccc(OCC(=O)Nc3cc(C)ccc3C)cc2)cc1. The zero-order valence-corrected chi connectivity index (χ0v) is 17.8. The molecular formula is C25H25N3O3. The van der Waals surface area contributed by atoms with Crippen LogP contribution in [0.5, 0.6) is 5.75 Å². The highest BCUT2D eigenvalue weighted by Crippen LogP contribution is 2.16. The van der Waals surface area contributed by atoms with E-state index in [1.54, 1.807) is 42.6 Å². The number of nitrogens with one attached hydrogen (secondary N) is 2. The smallest absolute Gasteiger partial charge is 0.271 e. The van der Waals surface area contributed by atoms with E-state index < -0.39 is 0 Å². The molecule has 2 N–H and O–H groups in total. The summed E-state index contributed by atoms with van der Waals surface area (Å²) >= 11 is 0. The molecule has 0 fully saturated rings. The Morgan fingerprint density at radius 3 is 2.29 bits per heavy atom. The Hall–Kier alpha value is -3.93. The first-order valence-electron chi connectivity index (χ1n) is 9.91. The lowest BCUT2D eigenvalue weighted by atomic mass is 10.1. The molecule has 0 heterocycles. The summed E-state index contributed by atoms with van der Waals surface area (Å²) in [5.74, 6) is 0.0705. The van der Waals surface area contributed by atoms with Gasteiger partial charge in [0.2, 0.25) is 0 Å². The van der Waals surface area contributed by atoms with E-state index >= 15 is 0 Å². The van der Waals surface area contributed by atoms with Gasteiger partial charge in [0.25, 0.3) is 11.8 Å². The van der Waals surface area contributed by atoms with Gasteiger partial charge >= 0.3 is 0 Å². The molecule has 6 nitrogen and oxygen atoms in total. The average molecular weight is 415 g/mol. The third kappa shape index (κ3) is 6.54. The Morgan fingerprint density at radius 1 is 0.903 bits per heavy atom. The number of anilines is 1. The van der Waals surface area contributed by atoms with Gasteiger partial charge in [0, 0.05) is 11.3 Å². The maximum absolute atomic E-state index is 12.2. The van der Waals surface area contributed by atoms with E-state index in [2.05, 4.69) is 15.8 Å². The van der Waals surface area contributed by atoms with Crippen molar-refractivity contribution in [3.05, 3.63) is 94.5 Å². The second kappa shape index (κ2) is 10.2. The monoisotopic (exact) mass is 415 g/mol. The minimum atomic E-state index is -0.272. The predicted octanol–water partition coefficient (Wildman–Crippen LogP) is 4.39. The van der Waals surface area contributed by atoms with Crippen LogP contribution >= 0.6 is 0 Å². The summed E-state index contributed by atoms with van der Waals surface area (Å²) in [5.41, 5.74) is 7.78. The van der Waals surface area contributed by atoms with E-state index in [9.17, 15) is 9.59 Å². The summed E-state index contributed by atoms with van der Waals surface area (Å²) in [6, 6.07) is 20.2. The molecule has 0 atom stereocenters. The van der Waals surface area contributed by atoms with E-state index in [0.29, 0.717) is 11.3 Å². The normalized spacial score (nSPS) is 10.7. The first kappa shape index (κ1) is 21.8. The van der Waals surface area contributed by atoms with Crippen LogP contribution in [0, 0.1) is 20.8 Å². The molecule has 2 amide bonds. The topological polar surface area (TPSA) is 79.8 Å². The van der Waals surface area contributed by atoms with Crippen LogP contribution in [0.2, 0.25) is 0 Å². The largest absolute Gasteiger partial charge is 0.484 e. The van der Waals surface area contributed by atoms with Gasteiger partial charge < -0.3 is 10.1 Å². The number of nitrogens with zero attached hydrogens (tertiary/aromatic N) is 1. The van der Waals surface area contributed by atoms with Crippen molar-refractivity contribution in [3.8, 4) is 5.75 Å². The number of ether oxygens (including phenoxy) is 1. The van der Waals surface area contributed by atoms with Gasteiger partial charge in [-0.05, 0) is 79.9 Å². The minimum Gasteiger partial charge on any atom is -0.484 e. The fourth-order valence-electron chi connectivity index (χ4n) is 2.79. The van der Waals surface area contributed by atoms with Gasteiger partial charge in [0.05, 0.1) is 6.21 Å². The van der Waals surface area contributed by atoms with Crippen molar-refractivity contribution in [2.24, 2.45) is 5.10 Å². The van der Waals surface area contributed by atoms with Crippen molar-refractivity contribution in [1.82, 2.24) is 5.43 Å². The highest BCUT2D eigenvalue weighted by Gasteiger charge is 2.06. The van der Waals surface area contributed by atoms with Crippen molar-refractivity contribution in [2.45, 2.75) is 20.8 Å². The lowest BCUT2D eigenvalue weighted by Crippen LogP contribution is -2.20. The van der Waals surface area contributed by atoms with Gasteiger partial charge in [-0.3, -0.25) is 9.59 Å². The van der Waals surface area contributed by atoms with Crippen molar-refractivity contribution < 1.29 is 14.3 Å². The molecular weight excluding hydrogens is 390 g/mol. The van der Waals surface area contributed by atoms with Crippen LogP contribution in [0.15, 0.2) is 71.8 Å². The quantitative estimate of drug-likeness (QED) is 0.444. The zero-order valence-electron chi connectivity index (χ0n) is 17.8. The Labute approximate surface area is 182 Å². The Balaban J connectivity index is 1.47. The molecule has 3 aromatic carbocycles. The number of hydrogen-bond donors (Lipinski definition) is 2. The van der Waals surface area contributed by atoms with E-state index in [1.165, 1.54) is 0 Å². The van der Waals surface area contributed by atoms with Gasteiger partial charge in [-0.1, -0.05) is 29.8 Å². The number of hydrogen-bond acceptors (Lipinski definition) is 4. The van der Waals surface area contributed by atoms with Crippen molar-refractivity contribution in [3.63, 3.8) is 0 Å². The van der Waals surface area contributed by atoms with Gasteiger partial charge in [-0.15, -0.1) is 0 Å². The number of carbonyl (C=O) groups is 2. The van der Waals surface area contributed by atoms with Gasteiger partial charge in [-0.2, -0.15) is 5.10 Å². The first-order chi connectivity index (χ1) is 14.9.